The summed E-state index contributed by atoms with van der Waals surface area (Å²) in [5.74, 6) is 0. The minimum atomic E-state index is -0.0593. The summed E-state index contributed by atoms with van der Waals surface area (Å²) in [6.45, 7) is 2.04. The lowest BCUT2D eigenvalue weighted by Gasteiger charge is -2.12. The standard InChI is InChI=1S/C23H15ClN2O/c1-13-7-9-18-16(11-13)20(14-5-3-2-4-6-14)21-22(27)17-12-15(24)8-10-19(17)26-23(21)25-18/h2-12H,1H3,(H,25,26,27). The summed E-state index contributed by atoms with van der Waals surface area (Å²) in [6.07, 6.45) is 0. The Kier molecular flexibility index (Phi) is 3.52. The molecule has 0 bridgehead atoms. The van der Waals surface area contributed by atoms with Crippen molar-refractivity contribution in [1.82, 2.24) is 9.97 Å². The van der Waals surface area contributed by atoms with Gasteiger partial charge in [-0.05, 0) is 42.8 Å². The molecule has 1 N–H and O–H groups in total. The van der Waals surface area contributed by atoms with Gasteiger partial charge in [-0.2, -0.15) is 0 Å². The number of hydrogen-bond donors (Lipinski definition) is 1. The summed E-state index contributed by atoms with van der Waals surface area (Å²) in [6, 6.07) is 21.4. The van der Waals surface area contributed by atoms with Gasteiger partial charge < -0.3 is 4.98 Å². The molecular formula is C23H15ClN2O. The van der Waals surface area contributed by atoms with Crippen molar-refractivity contribution in [2.24, 2.45) is 0 Å². The molecule has 3 nitrogen and oxygen atoms in total. The lowest BCUT2D eigenvalue weighted by atomic mass is 9.95. The van der Waals surface area contributed by atoms with Gasteiger partial charge in [-0.1, -0.05) is 53.6 Å². The van der Waals surface area contributed by atoms with Crippen LogP contribution in [0.5, 0.6) is 0 Å². The maximum atomic E-state index is 13.4. The second-order valence-electron chi connectivity index (χ2n) is 6.74. The van der Waals surface area contributed by atoms with Gasteiger partial charge in [-0.3, -0.25) is 4.79 Å². The van der Waals surface area contributed by atoms with E-state index in [0.717, 1.165) is 33.1 Å². The molecule has 27 heavy (non-hydrogen) atoms. The van der Waals surface area contributed by atoms with Crippen LogP contribution in [0, 0.1) is 6.92 Å². The number of aryl methyl sites for hydroxylation is 1. The third-order valence-corrected chi connectivity index (χ3v) is 5.14. The molecule has 4 heteroatoms. The van der Waals surface area contributed by atoms with Crippen molar-refractivity contribution < 1.29 is 0 Å². The molecular weight excluding hydrogens is 356 g/mol. The van der Waals surface area contributed by atoms with Crippen LogP contribution in [0.3, 0.4) is 0 Å². The average molecular weight is 371 g/mol. The summed E-state index contributed by atoms with van der Waals surface area (Å²) in [5.41, 5.74) is 5.14. The molecule has 0 amide bonds. The number of hydrogen-bond acceptors (Lipinski definition) is 2. The average Bonchev–Trinajstić information content (AvgIpc) is 2.68. The zero-order chi connectivity index (χ0) is 18.5. The fourth-order valence-corrected chi connectivity index (χ4v) is 3.84. The number of aromatic amines is 1. The topological polar surface area (TPSA) is 45.8 Å². The van der Waals surface area contributed by atoms with Crippen molar-refractivity contribution in [1.29, 1.82) is 0 Å². The van der Waals surface area contributed by atoms with Crippen molar-refractivity contribution in [3.8, 4) is 11.1 Å². The molecule has 130 valence electrons. The van der Waals surface area contributed by atoms with Crippen molar-refractivity contribution >= 4 is 44.4 Å². The number of pyridine rings is 2. The van der Waals surface area contributed by atoms with E-state index in [1.54, 1.807) is 12.1 Å². The molecule has 5 aromatic rings. The molecule has 0 unspecified atom stereocenters. The Morgan fingerprint density at radius 2 is 1.74 bits per heavy atom. The lowest BCUT2D eigenvalue weighted by molar-refractivity contribution is 1.36. The second kappa shape index (κ2) is 5.93. The Balaban J connectivity index is 2.08. The SMILES string of the molecule is Cc1ccc2nc3[nH]c4ccc(Cl)cc4c(=O)c3c(-c3ccccc3)c2c1. The summed E-state index contributed by atoms with van der Waals surface area (Å²) in [7, 11) is 0. The quantitative estimate of drug-likeness (QED) is 0.376. The molecule has 0 aliphatic rings. The van der Waals surface area contributed by atoms with Gasteiger partial charge in [0.15, 0.2) is 5.43 Å². The third kappa shape index (κ3) is 2.51. The Hall–Kier alpha value is -3.17. The summed E-state index contributed by atoms with van der Waals surface area (Å²) >= 11 is 6.15. The minimum Gasteiger partial charge on any atom is -0.339 e. The number of rotatable bonds is 1. The van der Waals surface area contributed by atoms with Gasteiger partial charge in [0.2, 0.25) is 0 Å². The van der Waals surface area contributed by atoms with E-state index < -0.39 is 0 Å². The first-order chi connectivity index (χ1) is 13.1. The fraction of sp³-hybridized carbons (Fsp3) is 0.0435. The molecule has 3 aromatic carbocycles. The van der Waals surface area contributed by atoms with Gasteiger partial charge in [-0.25, -0.2) is 4.98 Å². The molecule has 0 fully saturated rings. The van der Waals surface area contributed by atoms with Gasteiger partial charge in [0.1, 0.15) is 5.65 Å². The summed E-state index contributed by atoms with van der Waals surface area (Å²) in [4.78, 5) is 21.5. The van der Waals surface area contributed by atoms with Crippen LogP contribution in [0.15, 0.2) is 71.5 Å². The van der Waals surface area contributed by atoms with Crippen LogP contribution in [-0.4, -0.2) is 9.97 Å². The number of nitrogens with one attached hydrogen (secondary N) is 1. The highest BCUT2D eigenvalue weighted by Gasteiger charge is 2.16. The van der Waals surface area contributed by atoms with Crippen LogP contribution >= 0.6 is 11.6 Å². The molecule has 2 heterocycles. The first kappa shape index (κ1) is 16.0. The van der Waals surface area contributed by atoms with Gasteiger partial charge >= 0.3 is 0 Å². The fourth-order valence-electron chi connectivity index (χ4n) is 3.67. The first-order valence-corrected chi connectivity index (χ1v) is 9.11. The van der Waals surface area contributed by atoms with Crippen molar-refractivity contribution in [3.05, 3.63) is 87.5 Å². The normalized spacial score (nSPS) is 11.5. The predicted octanol–water partition coefficient (Wildman–Crippen LogP) is 5.86. The Labute approximate surface area is 160 Å². The molecule has 0 saturated carbocycles. The third-order valence-electron chi connectivity index (χ3n) is 4.91. The number of aromatic nitrogens is 2. The Bertz CT molecular complexity index is 1400. The highest BCUT2D eigenvalue weighted by atomic mass is 35.5. The van der Waals surface area contributed by atoms with Crippen molar-refractivity contribution in [2.75, 3.05) is 0 Å². The van der Waals surface area contributed by atoms with E-state index in [1.807, 2.05) is 55.5 Å². The highest BCUT2D eigenvalue weighted by molar-refractivity contribution is 6.31. The van der Waals surface area contributed by atoms with Gasteiger partial charge in [0.25, 0.3) is 0 Å². The molecule has 0 aliphatic heterocycles. The first-order valence-electron chi connectivity index (χ1n) is 8.73. The highest BCUT2D eigenvalue weighted by Crippen LogP contribution is 2.34. The number of benzene rings is 3. The molecule has 2 aromatic heterocycles. The molecule has 0 spiro atoms. The van der Waals surface area contributed by atoms with E-state index in [1.165, 1.54) is 0 Å². The zero-order valence-electron chi connectivity index (χ0n) is 14.6. The van der Waals surface area contributed by atoms with E-state index in [0.29, 0.717) is 21.4 Å². The van der Waals surface area contributed by atoms with E-state index in [4.69, 9.17) is 16.6 Å². The van der Waals surface area contributed by atoms with Crippen molar-refractivity contribution in [2.45, 2.75) is 6.92 Å². The van der Waals surface area contributed by atoms with Crippen LogP contribution in [0.1, 0.15) is 5.56 Å². The van der Waals surface area contributed by atoms with E-state index in [-0.39, 0.29) is 5.43 Å². The monoisotopic (exact) mass is 370 g/mol. The summed E-state index contributed by atoms with van der Waals surface area (Å²) in [5, 5.41) is 2.67. The Morgan fingerprint density at radius 3 is 2.56 bits per heavy atom. The number of nitrogens with zero attached hydrogens (tertiary/aromatic N) is 1. The molecule has 5 rings (SSSR count). The van der Waals surface area contributed by atoms with Gasteiger partial charge in [-0.15, -0.1) is 0 Å². The number of H-pyrrole nitrogens is 1. The maximum Gasteiger partial charge on any atom is 0.199 e. The molecule has 0 aliphatic carbocycles. The molecule has 0 radical (unpaired) electrons. The molecule has 0 saturated heterocycles. The van der Waals surface area contributed by atoms with Gasteiger partial charge in [0.05, 0.1) is 16.4 Å². The zero-order valence-corrected chi connectivity index (χ0v) is 15.3. The maximum absolute atomic E-state index is 13.4. The van der Waals surface area contributed by atoms with Crippen molar-refractivity contribution in [3.63, 3.8) is 0 Å². The molecule has 0 atom stereocenters. The van der Waals surface area contributed by atoms with Crippen LogP contribution < -0.4 is 5.43 Å². The van der Waals surface area contributed by atoms with Crippen LogP contribution in [0.25, 0.3) is 44.0 Å². The second-order valence-corrected chi connectivity index (χ2v) is 7.18. The van der Waals surface area contributed by atoms with Crippen LogP contribution in [0.4, 0.5) is 0 Å². The Morgan fingerprint density at radius 1 is 0.926 bits per heavy atom. The largest absolute Gasteiger partial charge is 0.339 e. The lowest BCUT2D eigenvalue weighted by Crippen LogP contribution is -2.07. The summed E-state index contributed by atoms with van der Waals surface area (Å²) < 4.78 is 0. The van der Waals surface area contributed by atoms with Gasteiger partial charge in [0, 0.05) is 21.4 Å². The number of fused-ring (bicyclic) bond motifs is 3. The van der Waals surface area contributed by atoms with E-state index in [9.17, 15) is 4.79 Å². The minimum absolute atomic E-state index is 0.0593. The smallest absolute Gasteiger partial charge is 0.199 e. The number of halogens is 1. The van der Waals surface area contributed by atoms with E-state index in [2.05, 4.69) is 11.1 Å². The predicted molar refractivity (Wildman–Crippen MR) is 113 cm³/mol. The van der Waals surface area contributed by atoms with Crippen LogP contribution in [-0.2, 0) is 0 Å². The van der Waals surface area contributed by atoms with E-state index >= 15 is 0 Å². The van der Waals surface area contributed by atoms with Crippen LogP contribution in [0.2, 0.25) is 5.02 Å².